The lowest BCUT2D eigenvalue weighted by Crippen LogP contribution is -2.68. The van der Waals surface area contributed by atoms with E-state index < -0.39 is 5.97 Å². The van der Waals surface area contributed by atoms with Crippen LogP contribution in [0.25, 0.3) is 5.69 Å². The van der Waals surface area contributed by atoms with Crippen molar-refractivity contribution in [2.45, 2.75) is 39.2 Å². The van der Waals surface area contributed by atoms with Crippen LogP contribution in [0.15, 0.2) is 42.5 Å². The molecule has 4 rings (SSSR count). The molecule has 4 N–H and O–H groups in total. The van der Waals surface area contributed by atoms with E-state index in [1.165, 1.54) is 16.8 Å². The van der Waals surface area contributed by atoms with Crippen LogP contribution < -0.4 is 9.80 Å². The van der Waals surface area contributed by atoms with E-state index in [0.717, 1.165) is 48.3 Å². The summed E-state index contributed by atoms with van der Waals surface area (Å²) in [6.07, 6.45) is 2.09. The lowest BCUT2D eigenvalue weighted by Gasteiger charge is -2.53. The lowest BCUT2D eigenvalue weighted by molar-refractivity contribution is -0.139. The number of benzene rings is 2. The number of quaternary nitrogens is 1. The summed E-state index contributed by atoms with van der Waals surface area (Å²) >= 11 is 10.6. The largest absolute Gasteiger partial charge is 0.481 e. The van der Waals surface area contributed by atoms with E-state index in [1.54, 1.807) is 4.57 Å². The van der Waals surface area contributed by atoms with Gasteiger partial charge in [-0.05, 0) is 56.5 Å². The second-order valence-corrected chi connectivity index (χ2v) is 9.56. The van der Waals surface area contributed by atoms with Gasteiger partial charge in [-0.2, -0.15) is 0 Å². The zero-order valence-electron chi connectivity index (χ0n) is 18.9. The minimum absolute atomic E-state index is 0.128. The molecule has 2 heterocycles. The number of anilines is 1. The standard InChI is InChI=1S/C24H29N5O2S2/c1-16-6-3-7-17(2)22(16)29(13-10-20(29)15-21(30)31)12-5-11-25-18-8-4-9-19(14-18)28-23(32)26-27-24(28)33/h3-4,6-9,14,20,25H,5,10-13,15H2,1-2H3,(H2-,26,27,30,31,32,33)/p+1. The van der Waals surface area contributed by atoms with E-state index in [2.05, 4.69) is 47.6 Å². The number of rotatable bonds is 9. The van der Waals surface area contributed by atoms with Crippen LogP contribution in [0.3, 0.4) is 0 Å². The van der Waals surface area contributed by atoms with Crippen molar-refractivity contribution in [2.75, 3.05) is 25.0 Å². The highest BCUT2D eigenvalue weighted by molar-refractivity contribution is 7.72. The highest BCUT2D eigenvalue weighted by atomic mass is 32.1. The van der Waals surface area contributed by atoms with Crippen molar-refractivity contribution in [1.82, 2.24) is 19.2 Å². The predicted molar refractivity (Wildman–Crippen MR) is 137 cm³/mol. The third-order valence-corrected chi connectivity index (χ3v) is 7.27. The fourth-order valence-corrected chi connectivity index (χ4v) is 5.76. The molecule has 1 aliphatic rings. The Morgan fingerprint density at radius 1 is 1.15 bits per heavy atom. The molecule has 1 fully saturated rings. The molecule has 0 saturated carbocycles. The van der Waals surface area contributed by atoms with Crippen molar-refractivity contribution in [3.05, 3.63) is 63.1 Å². The number of para-hydroxylation sites is 1. The molecule has 0 radical (unpaired) electrons. The maximum absolute atomic E-state index is 11.5. The average molecular weight is 485 g/mol. The summed E-state index contributed by atoms with van der Waals surface area (Å²) in [6.45, 7) is 6.96. The first kappa shape index (κ1) is 23.4. The molecule has 2 unspecified atom stereocenters. The molecule has 9 heteroatoms. The van der Waals surface area contributed by atoms with Gasteiger partial charge in [-0.3, -0.25) is 24.0 Å². The summed E-state index contributed by atoms with van der Waals surface area (Å²) in [5.74, 6) is -0.718. The summed E-state index contributed by atoms with van der Waals surface area (Å²) in [7, 11) is 0. The van der Waals surface area contributed by atoms with E-state index in [1.807, 2.05) is 24.3 Å². The number of H-pyrrole nitrogens is 2. The number of carboxylic acids is 1. The minimum Gasteiger partial charge on any atom is -0.481 e. The molecule has 174 valence electrons. The number of aromatic nitrogens is 3. The molecule has 33 heavy (non-hydrogen) atoms. The average Bonchev–Trinajstić information content (AvgIpc) is 3.10. The van der Waals surface area contributed by atoms with Crippen molar-refractivity contribution in [3.63, 3.8) is 0 Å². The van der Waals surface area contributed by atoms with E-state index in [9.17, 15) is 9.90 Å². The van der Waals surface area contributed by atoms with Gasteiger partial charge in [0.05, 0.1) is 31.6 Å². The molecule has 1 saturated heterocycles. The van der Waals surface area contributed by atoms with Gasteiger partial charge in [0.15, 0.2) is 9.54 Å². The van der Waals surface area contributed by atoms with Crippen LogP contribution in [0.5, 0.6) is 0 Å². The summed E-state index contributed by atoms with van der Waals surface area (Å²) < 4.78 is 3.60. The number of carboxylic acid groups (broad SMARTS) is 1. The number of nitrogens with one attached hydrogen (secondary N) is 3. The number of carbonyl (C=O) groups is 1. The fourth-order valence-electron chi connectivity index (χ4n) is 5.20. The van der Waals surface area contributed by atoms with Crippen molar-refractivity contribution in [2.24, 2.45) is 0 Å². The molecule has 1 aromatic heterocycles. The molecular weight excluding hydrogens is 454 g/mol. The SMILES string of the molecule is Cc1cccc(C)c1[N+]1(CCCNc2cccc(-n3c(=S)[nH][nH]c3=S)c2)CCC1CC(=O)O. The third-order valence-electron chi connectivity index (χ3n) is 6.71. The molecule has 0 spiro atoms. The first-order chi connectivity index (χ1) is 15.8. The Morgan fingerprint density at radius 3 is 2.42 bits per heavy atom. The molecule has 0 aliphatic carbocycles. The molecule has 0 amide bonds. The number of likely N-dealkylation sites (tertiary alicyclic amines) is 1. The smallest absolute Gasteiger partial charge is 0.309 e. The third kappa shape index (κ3) is 4.66. The van der Waals surface area contributed by atoms with Gasteiger partial charge in [-0.15, -0.1) is 0 Å². The van der Waals surface area contributed by atoms with Crippen LogP contribution in [-0.4, -0.2) is 51.5 Å². The Kier molecular flexibility index (Phi) is 6.83. The van der Waals surface area contributed by atoms with Gasteiger partial charge in [-0.25, -0.2) is 0 Å². The molecule has 2 atom stereocenters. The van der Waals surface area contributed by atoms with Crippen molar-refractivity contribution < 1.29 is 9.90 Å². The maximum Gasteiger partial charge on any atom is 0.309 e. The zero-order chi connectivity index (χ0) is 23.6. The van der Waals surface area contributed by atoms with Crippen LogP contribution in [0.2, 0.25) is 0 Å². The number of aliphatic carboxylic acids is 1. The molecule has 2 aromatic carbocycles. The second-order valence-electron chi connectivity index (χ2n) is 8.79. The lowest BCUT2D eigenvalue weighted by atomic mass is 9.89. The molecule has 7 nitrogen and oxygen atoms in total. The first-order valence-electron chi connectivity index (χ1n) is 11.2. The first-order valence-corrected chi connectivity index (χ1v) is 12.0. The number of aryl methyl sites for hydroxylation is 2. The van der Waals surface area contributed by atoms with Gasteiger partial charge < -0.3 is 10.4 Å². The number of hydrogen-bond acceptors (Lipinski definition) is 4. The quantitative estimate of drug-likeness (QED) is 0.189. The van der Waals surface area contributed by atoms with Crippen molar-refractivity contribution >= 4 is 41.8 Å². The highest BCUT2D eigenvalue weighted by Gasteiger charge is 2.49. The van der Waals surface area contributed by atoms with Crippen molar-refractivity contribution in [3.8, 4) is 5.69 Å². The summed E-state index contributed by atoms with van der Waals surface area (Å²) in [5, 5.41) is 18.7. The van der Waals surface area contributed by atoms with Crippen LogP contribution in [0.4, 0.5) is 11.4 Å². The van der Waals surface area contributed by atoms with E-state index in [4.69, 9.17) is 24.4 Å². The summed E-state index contributed by atoms with van der Waals surface area (Å²) in [5.41, 5.74) is 5.68. The number of hydrogen-bond donors (Lipinski definition) is 4. The van der Waals surface area contributed by atoms with Crippen LogP contribution in [0.1, 0.15) is 30.4 Å². The van der Waals surface area contributed by atoms with Crippen LogP contribution >= 0.6 is 24.4 Å². The topological polar surface area (TPSA) is 85.8 Å². The second kappa shape index (κ2) is 9.62. The monoisotopic (exact) mass is 484 g/mol. The van der Waals surface area contributed by atoms with E-state index in [0.29, 0.717) is 9.54 Å². The van der Waals surface area contributed by atoms with E-state index in [-0.39, 0.29) is 12.5 Å². The summed E-state index contributed by atoms with van der Waals surface area (Å²) in [4.78, 5) is 11.5. The molecule has 1 aliphatic heterocycles. The molecular formula is C24H30N5O2S2+. The zero-order valence-corrected chi connectivity index (χ0v) is 20.6. The Hall–Kier alpha value is -2.75. The normalized spacial score (nSPS) is 19.8. The van der Waals surface area contributed by atoms with E-state index >= 15 is 0 Å². The molecule has 0 bridgehead atoms. The highest BCUT2D eigenvalue weighted by Crippen LogP contribution is 2.42. The molecule has 3 aromatic rings. The minimum atomic E-state index is -0.718. The van der Waals surface area contributed by atoms with Gasteiger partial charge in [0.25, 0.3) is 0 Å². The van der Waals surface area contributed by atoms with Crippen LogP contribution in [0, 0.1) is 23.4 Å². The van der Waals surface area contributed by atoms with Gasteiger partial charge in [0.1, 0.15) is 11.7 Å². The fraction of sp³-hybridized carbons (Fsp3) is 0.375. The van der Waals surface area contributed by atoms with Crippen molar-refractivity contribution in [1.29, 1.82) is 0 Å². The van der Waals surface area contributed by atoms with Gasteiger partial charge >= 0.3 is 5.97 Å². The van der Waals surface area contributed by atoms with Gasteiger partial charge in [0, 0.05) is 29.8 Å². The Labute approximate surface area is 203 Å². The number of aromatic amines is 2. The number of nitrogens with zero attached hydrogens (tertiary/aromatic N) is 2. The maximum atomic E-state index is 11.5. The predicted octanol–water partition coefficient (Wildman–Crippen LogP) is 5.27. The van der Waals surface area contributed by atoms with Crippen LogP contribution in [-0.2, 0) is 4.79 Å². The van der Waals surface area contributed by atoms with Gasteiger partial charge in [-0.1, -0.05) is 24.3 Å². The Morgan fingerprint density at radius 2 is 1.82 bits per heavy atom. The summed E-state index contributed by atoms with van der Waals surface area (Å²) in [6, 6.07) is 14.5. The van der Waals surface area contributed by atoms with Gasteiger partial charge in [0.2, 0.25) is 0 Å². The Bertz CT molecular complexity index is 1230. The Balaban J connectivity index is 1.48.